The average Bonchev–Trinajstić information content (AvgIpc) is 2.77. The Hall–Kier alpha value is -3.09. The second-order valence-electron chi connectivity index (χ2n) is 9.69. The number of rotatable bonds is 3. The first-order chi connectivity index (χ1) is 15.2. The highest BCUT2D eigenvalue weighted by atomic mass is 16.5. The number of aromatic amines is 1. The fourth-order valence-electron chi connectivity index (χ4n) is 4.79. The number of anilines is 1. The van der Waals surface area contributed by atoms with Crippen LogP contribution in [0.5, 0.6) is 0 Å². The smallest absolute Gasteiger partial charge is 0.337 e. The van der Waals surface area contributed by atoms with Gasteiger partial charge in [0.05, 0.1) is 12.7 Å². The Labute approximate surface area is 188 Å². The van der Waals surface area contributed by atoms with Crippen molar-refractivity contribution in [1.29, 1.82) is 0 Å². The van der Waals surface area contributed by atoms with Gasteiger partial charge in [-0.25, -0.2) is 4.79 Å². The van der Waals surface area contributed by atoms with Crippen LogP contribution in [-0.4, -0.2) is 54.5 Å². The Kier molecular flexibility index (Phi) is 5.84. The molecule has 1 fully saturated rings. The summed E-state index contributed by atoms with van der Waals surface area (Å²) in [5.74, 6) is -0.565. The number of esters is 1. The van der Waals surface area contributed by atoms with Crippen molar-refractivity contribution in [1.82, 2.24) is 9.88 Å². The highest BCUT2D eigenvalue weighted by Gasteiger charge is 2.32. The monoisotopic (exact) mass is 437 g/mol. The molecule has 7 heteroatoms. The summed E-state index contributed by atoms with van der Waals surface area (Å²) in [7, 11) is 1.36. The molecule has 1 N–H and O–H groups in total. The molecule has 0 bridgehead atoms. The molecule has 1 aromatic heterocycles. The van der Waals surface area contributed by atoms with Gasteiger partial charge in [0.15, 0.2) is 0 Å². The van der Waals surface area contributed by atoms with Gasteiger partial charge in [0.1, 0.15) is 5.56 Å². The van der Waals surface area contributed by atoms with Crippen LogP contribution in [0.3, 0.4) is 0 Å². The summed E-state index contributed by atoms with van der Waals surface area (Å²) in [6.45, 7) is 8.29. The van der Waals surface area contributed by atoms with Crippen molar-refractivity contribution >= 4 is 17.6 Å². The van der Waals surface area contributed by atoms with E-state index in [1.807, 2.05) is 25.1 Å². The van der Waals surface area contributed by atoms with Crippen LogP contribution in [0.2, 0.25) is 0 Å². The van der Waals surface area contributed by atoms with Crippen molar-refractivity contribution in [2.75, 3.05) is 31.6 Å². The van der Waals surface area contributed by atoms with Crippen molar-refractivity contribution in [3.05, 3.63) is 63.1 Å². The summed E-state index contributed by atoms with van der Waals surface area (Å²) < 4.78 is 4.75. The number of aryl methyl sites for hydroxylation is 1. The maximum Gasteiger partial charge on any atom is 0.337 e. The number of hydrogen-bond acceptors (Lipinski definition) is 5. The summed E-state index contributed by atoms with van der Waals surface area (Å²) in [5, 5.41) is 0. The van der Waals surface area contributed by atoms with Gasteiger partial charge in [-0.1, -0.05) is 13.8 Å². The lowest BCUT2D eigenvalue weighted by Gasteiger charge is -2.41. The number of hydrogen-bond donors (Lipinski definition) is 1. The van der Waals surface area contributed by atoms with Gasteiger partial charge in [-0.3, -0.25) is 9.59 Å². The van der Waals surface area contributed by atoms with Gasteiger partial charge in [-0.2, -0.15) is 0 Å². The van der Waals surface area contributed by atoms with E-state index in [0.29, 0.717) is 25.2 Å². The number of nitrogens with one attached hydrogen (secondary N) is 1. The van der Waals surface area contributed by atoms with E-state index in [1.54, 1.807) is 17.0 Å². The van der Waals surface area contributed by atoms with Crippen LogP contribution >= 0.6 is 0 Å². The quantitative estimate of drug-likeness (QED) is 0.747. The Bertz CT molecular complexity index is 1090. The molecule has 1 aliphatic heterocycles. The van der Waals surface area contributed by atoms with Gasteiger partial charge < -0.3 is 19.5 Å². The molecule has 170 valence electrons. The first-order valence-electron chi connectivity index (χ1n) is 11.2. The predicted octanol–water partition coefficient (Wildman–Crippen LogP) is 3.03. The van der Waals surface area contributed by atoms with Gasteiger partial charge in [0.25, 0.3) is 11.5 Å². The molecule has 2 heterocycles. The van der Waals surface area contributed by atoms with Gasteiger partial charge in [-0.05, 0) is 67.5 Å². The number of aromatic nitrogens is 1. The molecule has 32 heavy (non-hydrogen) atoms. The van der Waals surface area contributed by atoms with Crippen LogP contribution in [0.1, 0.15) is 59.2 Å². The molecule has 1 amide bonds. The van der Waals surface area contributed by atoms with Crippen LogP contribution in [0, 0.1) is 5.41 Å². The average molecular weight is 438 g/mol. The fourth-order valence-corrected chi connectivity index (χ4v) is 4.79. The Balaban J connectivity index is 1.49. The van der Waals surface area contributed by atoms with E-state index in [9.17, 15) is 14.4 Å². The Morgan fingerprint density at radius 3 is 2.53 bits per heavy atom. The molecule has 0 spiro atoms. The van der Waals surface area contributed by atoms with E-state index in [2.05, 4.69) is 23.7 Å². The van der Waals surface area contributed by atoms with E-state index in [0.717, 1.165) is 36.2 Å². The van der Waals surface area contributed by atoms with Crippen molar-refractivity contribution in [3.63, 3.8) is 0 Å². The lowest BCUT2D eigenvalue weighted by atomic mass is 9.76. The molecule has 0 saturated carbocycles. The Morgan fingerprint density at radius 2 is 1.88 bits per heavy atom. The largest absolute Gasteiger partial charge is 0.465 e. The molecular weight excluding hydrogens is 406 g/mol. The molecule has 7 nitrogen and oxygen atoms in total. The number of amides is 1. The summed E-state index contributed by atoms with van der Waals surface area (Å²) in [4.78, 5) is 44.6. The summed E-state index contributed by atoms with van der Waals surface area (Å²) in [5.41, 5.74) is 3.68. The summed E-state index contributed by atoms with van der Waals surface area (Å²) in [6, 6.07) is 9.05. The number of carbonyl (C=O) groups excluding carboxylic acids is 2. The maximum absolute atomic E-state index is 13.3. The zero-order valence-corrected chi connectivity index (χ0v) is 19.2. The summed E-state index contributed by atoms with van der Waals surface area (Å²) >= 11 is 0. The zero-order valence-electron chi connectivity index (χ0n) is 19.2. The number of pyridine rings is 1. The highest BCUT2D eigenvalue weighted by molar-refractivity contribution is 5.94. The number of carbonyl (C=O) groups is 2. The second kappa shape index (κ2) is 8.45. The van der Waals surface area contributed by atoms with Crippen molar-refractivity contribution < 1.29 is 14.3 Å². The number of piperazine rings is 1. The maximum atomic E-state index is 13.3. The number of methoxy groups -OCH3 is 1. The van der Waals surface area contributed by atoms with Gasteiger partial charge in [0, 0.05) is 37.1 Å². The van der Waals surface area contributed by atoms with Crippen LogP contribution in [0.25, 0.3) is 0 Å². The Morgan fingerprint density at radius 1 is 1.16 bits per heavy atom. The SMILES string of the molecule is COC(=O)c1ccc(N2CCN(C(=O)c3cc4c([nH]c3=O)CCC(C)(C)C4)C(C)C2)cc1. The minimum Gasteiger partial charge on any atom is -0.465 e. The molecule has 1 saturated heterocycles. The second-order valence-corrected chi connectivity index (χ2v) is 9.69. The molecule has 1 unspecified atom stereocenters. The highest BCUT2D eigenvalue weighted by Crippen LogP contribution is 2.33. The number of H-pyrrole nitrogens is 1. The molecule has 1 aromatic carbocycles. The molecule has 0 radical (unpaired) electrons. The lowest BCUT2D eigenvalue weighted by Crippen LogP contribution is -2.54. The van der Waals surface area contributed by atoms with E-state index in [4.69, 9.17) is 4.74 Å². The van der Waals surface area contributed by atoms with Gasteiger partial charge in [-0.15, -0.1) is 0 Å². The normalized spacial score (nSPS) is 19.9. The van der Waals surface area contributed by atoms with Crippen molar-refractivity contribution in [2.24, 2.45) is 5.41 Å². The van der Waals surface area contributed by atoms with E-state index in [-0.39, 0.29) is 34.5 Å². The van der Waals surface area contributed by atoms with Crippen molar-refractivity contribution in [2.45, 2.75) is 46.1 Å². The fraction of sp³-hybridized carbons (Fsp3) is 0.480. The molecule has 1 atom stereocenters. The first kappa shape index (κ1) is 22.1. The lowest BCUT2D eigenvalue weighted by molar-refractivity contribution is 0.0599. The number of fused-ring (bicyclic) bond motifs is 1. The van der Waals surface area contributed by atoms with Gasteiger partial charge >= 0.3 is 5.97 Å². The third-order valence-electron chi connectivity index (χ3n) is 6.71. The van der Waals surface area contributed by atoms with Crippen molar-refractivity contribution in [3.8, 4) is 0 Å². The molecule has 1 aliphatic carbocycles. The van der Waals surface area contributed by atoms with Gasteiger partial charge in [0.2, 0.25) is 0 Å². The van der Waals surface area contributed by atoms with Crippen LogP contribution in [0.4, 0.5) is 5.69 Å². The van der Waals surface area contributed by atoms with E-state index >= 15 is 0 Å². The molecular formula is C25H31N3O4. The van der Waals surface area contributed by atoms with E-state index < -0.39 is 0 Å². The minimum atomic E-state index is -0.362. The third-order valence-corrected chi connectivity index (χ3v) is 6.71. The standard InChI is InChI=1S/C25H31N3O4/c1-16-15-27(19-7-5-17(6-8-19)24(31)32-4)11-12-28(16)23(30)20-13-18-14-25(2,3)10-9-21(18)26-22(20)29/h5-8,13,16H,9-12,14-15H2,1-4H3,(H,26,29). The molecule has 2 aliphatic rings. The number of ether oxygens (including phenoxy) is 1. The minimum absolute atomic E-state index is 0.0524. The van der Waals surface area contributed by atoms with Crippen LogP contribution in [0.15, 0.2) is 35.1 Å². The van der Waals surface area contributed by atoms with E-state index in [1.165, 1.54) is 7.11 Å². The zero-order chi connectivity index (χ0) is 23.0. The topological polar surface area (TPSA) is 82.7 Å². The summed E-state index contributed by atoms with van der Waals surface area (Å²) in [6.07, 6.45) is 2.74. The van der Waals surface area contributed by atoms with Crippen LogP contribution < -0.4 is 10.5 Å². The van der Waals surface area contributed by atoms with Crippen LogP contribution in [-0.2, 0) is 17.6 Å². The number of benzene rings is 1. The molecule has 2 aromatic rings. The number of nitrogens with zero attached hydrogens (tertiary/aromatic N) is 2. The molecule has 4 rings (SSSR count). The third kappa shape index (κ3) is 4.29. The predicted molar refractivity (Wildman–Crippen MR) is 123 cm³/mol. The first-order valence-corrected chi connectivity index (χ1v) is 11.2.